The minimum Gasteiger partial charge on any atom is -0.254 e. The second kappa shape index (κ2) is 27.4. The Kier molecular flexibility index (Phi) is 19.0. The molecule has 0 aliphatic carbocycles. The number of para-hydroxylation sites is 4. The molecule has 0 amide bonds. The normalized spacial score (nSPS) is 11.5. The molecule has 0 aliphatic heterocycles. The number of aromatic nitrogens is 11. The fourth-order valence-corrected chi connectivity index (χ4v) is 12.9. The molecular formula is C82H91N11+4. The van der Waals surface area contributed by atoms with E-state index >= 15 is 0 Å². The van der Waals surface area contributed by atoms with Crippen LogP contribution in [-0.2, 0) is 28.2 Å². The summed E-state index contributed by atoms with van der Waals surface area (Å²) in [5.74, 6) is 1.79. The van der Waals surface area contributed by atoms with Crippen molar-refractivity contribution in [3.63, 3.8) is 0 Å². The zero-order valence-corrected chi connectivity index (χ0v) is 57.5. The Labute approximate surface area is 549 Å². The first-order valence-corrected chi connectivity index (χ1v) is 32.8. The molecular weight excluding hydrogens is 1140 g/mol. The third-order valence-electron chi connectivity index (χ3n) is 18.1. The van der Waals surface area contributed by atoms with Gasteiger partial charge in [0.05, 0.1) is 59.9 Å². The summed E-state index contributed by atoms with van der Waals surface area (Å²) in [6.07, 6.45) is 12.7. The van der Waals surface area contributed by atoms with Crippen LogP contribution in [0.3, 0.4) is 0 Å². The average molecular weight is 1230 g/mol. The quantitative estimate of drug-likeness (QED) is 0.128. The number of hydrogen-bond donors (Lipinski definition) is 0. The Morgan fingerprint density at radius 3 is 1.44 bits per heavy atom. The molecule has 0 atom stereocenters. The molecule has 93 heavy (non-hydrogen) atoms. The summed E-state index contributed by atoms with van der Waals surface area (Å²) in [5.41, 5.74) is 25.4. The van der Waals surface area contributed by atoms with Crippen LogP contribution in [0.5, 0.6) is 0 Å². The van der Waals surface area contributed by atoms with Crippen LogP contribution in [0.1, 0.15) is 130 Å². The van der Waals surface area contributed by atoms with Gasteiger partial charge in [0, 0.05) is 52.5 Å². The molecule has 0 spiro atoms. The van der Waals surface area contributed by atoms with Crippen molar-refractivity contribution in [3.05, 3.63) is 270 Å². The molecule has 0 N–H and O–H groups in total. The molecule has 14 rings (SSSR count). The van der Waals surface area contributed by atoms with Crippen LogP contribution in [0.4, 0.5) is 0 Å². The van der Waals surface area contributed by atoms with Crippen LogP contribution in [0, 0.1) is 34.6 Å². The van der Waals surface area contributed by atoms with Crippen LogP contribution in [0.2, 0.25) is 0 Å². The first-order valence-electron chi connectivity index (χ1n) is 32.8. The lowest BCUT2D eigenvalue weighted by Gasteiger charge is -2.14. The standard InChI is InChI=1S/C27H24N3.C20H26N3.C18H21N2.C17H20N3/c1-19-10-9-14-23(21-11-5-4-6-12-21)27(19)24-16-20(2)26(17-28-24)30-18-22-13-7-8-15-25(22)29(30)3;1-13(2)17-11-15(5)20(19(21-17)14(3)4)23-12-16-9-7-8-10-18(16)22(23)6;1-13(2)15-9-10-17(14(3)11-15)20-12-16-7-5-6-8-18(16)19(20)4;1-12(2)16-17(13(3)9-10-18-16)20-11-14-7-5-6-8-15(14)19(20)4/h4-18H,1-3H3;7-14H,1-6H3;5-13H,1-4H3;5-12H,1-4H3/q4*+1. The molecule has 470 valence electrons. The molecule has 0 saturated carbocycles. The highest BCUT2D eigenvalue weighted by molar-refractivity contribution is 5.85. The van der Waals surface area contributed by atoms with E-state index in [0.29, 0.717) is 23.7 Å². The first kappa shape index (κ1) is 64.4. The summed E-state index contributed by atoms with van der Waals surface area (Å²) in [6.45, 7) is 28.5. The second-order valence-electron chi connectivity index (χ2n) is 26.1. The van der Waals surface area contributed by atoms with Gasteiger partial charge in [-0.1, -0.05) is 174 Å². The molecule has 7 aromatic heterocycles. The second-order valence-corrected chi connectivity index (χ2v) is 26.1. The molecule has 11 heteroatoms. The number of pyridine rings is 3. The predicted octanol–water partition coefficient (Wildman–Crippen LogP) is 17.4. The predicted molar refractivity (Wildman–Crippen MR) is 382 cm³/mol. The highest BCUT2D eigenvalue weighted by Crippen LogP contribution is 2.35. The first-order chi connectivity index (χ1) is 44.7. The SMILES string of the molecule is Cc1cc(-c2c(C)cccc2-c2ccccc2)ncc1-n1cc2ccccc2[n+]1C.Cc1cc(C(C)C)ccc1-n1cc2ccccc2[n+]1C.Cc1cc(C(C)C)nc(C(C)C)c1-[n+]1cc2ccccc2n1C.Cc1ccnc(C(C)C)c1-[n+]1cc2ccccc2n1C. The van der Waals surface area contributed by atoms with Crippen molar-refractivity contribution in [3.8, 4) is 45.1 Å². The largest absolute Gasteiger partial charge is 0.260 e. The number of benzene rings is 7. The van der Waals surface area contributed by atoms with Crippen LogP contribution in [0.25, 0.3) is 88.7 Å². The van der Waals surface area contributed by atoms with E-state index in [4.69, 9.17) is 9.97 Å². The fraction of sp³-hybridized carbons (Fsp3) is 0.256. The van der Waals surface area contributed by atoms with Crippen LogP contribution in [0.15, 0.2) is 219 Å². The third-order valence-corrected chi connectivity index (χ3v) is 18.1. The van der Waals surface area contributed by atoms with Crippen molar-refractivity contribution >= 4 is 43.6 Å². The van der Waals surface area contributed by atoms with E-state index in [1.807, 2.05) is 12.4 Å². The van der Waals surface area contributed by atoms with Gasteiger partial charge in [0.1, 0.15) is 33.8 Å². The van der Waals surface area contributed by atoms with Gasteiger partial charge in [-0.05, 0) is 140 Å². The van der Waals surface area contributed by atoms with E-state index in [0.717, 1.165) is 17.1 Å². The summed E-state index contributed by atoms with van der Waals surface area (Å²) in [7, 11) is 8.41. The van der Waals surface area contributed by atoms with Crippen molar-refractivity contribution in [2.45, 2.75) is 114 Å². The molecule has 0 fully saturated rings. The van der Waals surface area contributed by atoms with E-state index in [2.05, 4.69) is 367 Å². The van der Waals surface area contributed by atoms with Crippen molar-refractivity contribution in [1.82, 2.24) is 33.7 Å². The zero-order chi connectivity index (χ0) is 65.9. The van der Waals surface area contributed by atoms with Gasteiger partial charge in [-0.15, -0.1) is 18.7 Å². The van der Waals surface area contributed by atoms with Crippen LogP contribution in [-0.4, -0.2) is 33.7 Å². The maximum Gasteiger partial charge on any atom is 0.260 e. The molecule has 7 heterocycles. The summed E-state index contributed by atoms with van der Waals surface area (Å²) in [4.78, 5) is 14.5. The highest BCUT2D eigenvalue weighted by Gasteiger charge is 2.28. The lowest BCUT2D eigenvalue weighted by atomic mass is 9.93. The molecule has 0 unspecified atom stereocenters. The number of aryl methyl sites for hydroxylation is 9. The lowest BCUT2D eigenvalue weighted by Crippen LogP contribution is -2.41. The smallest absolute Gasteiger partial charge is 0.254 e. The lowest BCUT2D eigenvalue weighted by molar-refractivity contribution is -0.721. The van der Waals surface area contributed by atoms with Gasteiger partial charge in [0.2, 0.25) is 23.4 Å². The number of hydrogen-bond acceptors (Lipinski definition) is 3. The van der Waals surface area contributed by atoms with E-state index < -0.39 is 0 Å². The molecule has 7 aromatic carbocycles. The van der Waals surface area contributed by atoms with Gasteiger partial charge in [0.25, 0.3) is 11.4 Å². The van der Waals surface area contributed by atoms with E-state index in [1.54, 1.807) is 0 Å². The molecule has 0 radical (unpaired) electrons. The van der Waals surface area contributed by atoms with Crippen molar-refractivity contribution < 1.29 is 18.7 Å². The molecule has 0 aliphatic rings. The van der Waals surface area contributed by atoms with Gasteiger partial charge in [-0.25, -0.2) is 0 Å². The fourth-order valence-electron chi connectivity index (χ4n) is 12.9. The van der Waals surface area contributed by atoms with Crippen LogP contribution < -0.4 is 18.7 Å². The van der Waals surface area contributed by atoms with Gasteiger partial charge >= 0.3 is 0 Å². The van der Waals surface area contributed by atoms with Gasteiger partial charge in [-0.2, -0.15) is 9.36 Å². The Balaban J connectivity index is 0.000000129. The molecule has 14 aromatic rings. The van der Waals surface area contributed by atoms with Crippen molar-refractivity contribution in [1.29, 1.82) is 0 Å². The highest BCUT2D eigenvalue weighted by atomic mass is 15.4. The van der Waals surface area contributed by atoms with E-state index in [-0.39, 0.29) is 0 Å². The van der Waals surface area contributed by atoms with Crippen molar-refractivity contribution in [2.24, 2.45) is 28.2 Å². The average Bonchev–Trinajstić information content (AvgIpc) is 1.74. The zero-order valence-electron chi connectivity index (χ0n) is 57.5. The minimum absolute atomic E-state index is 0.382. The number of fused-ring (bicyclic) bond motifs is 4. The van der Waals surface area contributed by atoms with E-state index in [9.17, 15) is 0 Å². The van der Waals surface area contributed by atoms with Gasteiger partial charge in [0.15, 0.2) is 14.1 Å². The molecule has 0 bridgehead atoms. The topological polar surface area (TPSA) is 73.9 Å². The van der Waals surface area contributed by atoms with Crippen LogP contribution >= 0.6 is 0 Å². The van der Waals surface area contributed by atoms with E-state index in [1.165, 1.54) is 122 Å². The summed E-state index contributed by atoms with van der Waals surface area (Å²) in [5, 5.41) is 4.97. The van der Waals surface area contributed by atoms with Crippen molar-refractivity contribution in [2.75, 3.05) is 0 Å². The molecule has 0 saturated heterocycles. The summed E-state index contributed by atoms with van der Waals surface area (Å²) >= 11 is 0. The Hall–Kier alpha value is -10.1. The summed E-state index contributed by atoms with van der Waals surface area (Å²) in [6, 6.07) is 64.1. The molecule has 11 nitrogen and oxygen atoms in total. The number of rotatable bonds is 10. The Morgan fingerprint density at radius 2 is 0.925 bits per heavy atom. The monoisotopic (exact) mass is 1230 g/mol. The van der Waals surface area contributed by atoms with Gasteiger partial charge in [-0.3, -0.25) is 15.0 Å². The minimum atomic E-state index is 0.382. The Morgan fingerprint density at radius 1 is 0.409 bits per heavy atom. The summed E-state index contributed by atoms with van der Waals surface area (Å²) < 4.78 is 17.6. The Bertz CT molecular complexity index is 4990. The maximum absolute atomic E-state index is 4.99. The number of nitrogens with zero attached hydrogens (tertiary/aromatic N) is 11. The van der Waals surface area contributed by atoms with Gasteiger partial charge < -0.3 is 0 Å². The third kappa shape index (κ3) is 13.1. The maximum atomic E-state index is 4.99.